The fraction of sp³-hybridized carbons (Fsp3) is 0.500. The van der Waals surface area contributed by atoms with Crippen molar-refractivity contribution in [1.82, 2.24) is 14.9 Å². The number of amides is 2. The molecule has 7 nitrogen and oxygen atoms in total. The van der Waals surface area contributed by atoms with E-state index in [9.17, 15) is 9.59 Å². The van der Waals surface area contributed by atoms with Crippen LogP contribution in [0.1, 0.15) is 19.3 Å². The molecule has 1 saturated carbocycles. The molecule has 2 amide bonds. The lowest BCUT2D eigenvalue weighted by Gasteiger charge is -2.37. The van der Waals surface area contributed by atoms with Gasteiger partial charge in [-0.25, -0.2) is 9.59 Å². The monoisotopic (exact) mass is 242 g/mol. The van der Waals surface area contributed by atoms with Gasteiger partial charge in [0.05, 0.1) is 6.20 Å². The van der Waals surface area contributed by atoms with Crippen LogP contribution < -0.4 is 10.6 Å². The summed E-state index contributed by atoms with van der Waals surface area (Å²) in [7, 11) is 0. The first kappa shape index (κ1) is 10.8. The van der Waals surface area contributed by atoms with Crippen LogP contribution in [0.15, 0.2) is 6.20 Å². The summed E-state index contributed by atoms with van der Waals surface area (Å²) in [5, 5.41) is 18.0. The summed E-state index contributed by atoms with van der Waals surface area (Å²) in [6.07, 6.45) is 3.15. The molecule has 0 unspecified atom stereocenters. The molecular formula is C8H10N4O3S. The number of nitrogens with one attached hydrogen (secondary N) is 2. The zero-order valence-electron chi connectivity index (χ0n) is 8.27. The Morgan fingerprint density at radius 3 is 2.69 bits per heavy atom. The average Bonchev–Trinajstić information content (AvgIpc) is 2.63. The lowest BCUT2D eigenvalue weighted by molar-refractivity contribution is -0.148. The van der Waals surface area contributed by atoms with Gasteiger partial charge in [0.15, 0.2) is 0 Å². The van der Waals surface area contributed by atoms with Gasteiger partial charge in [0.25, 0.3) is 0 Å². The largest absolute Gasteiger partial charge is 0.480 e. The van der Waals surface area contributed by atoms with Gasteiger partial charge in [-0.05, 0) is 19.3 Å². The molecule has 0 spiro atoms. The second kappa shape index (κ2) is 4.05. The summed E-state index contributed by atoms with van der Waals surface area (Å²) >= 11 is 1.03. The van der Waals surface area contributed by atoms with E-state index in [1.807, 2.05) is 0 Å². The predicted octanol–water partition coefficient (Wildman–Crippen LogP) is 0.667. The number of carbonyl (C=O) groups is 2. The number of carboxylic acids is 1. The Bertz CT molecular complexity index is 401. The summed E-state index contributed by atoms with van der Waals surface area (Å²) < 4.78 is 3.57. The topological polar surface area (TPSA) is 104 Å². The van der Waals surface area contributed by atoms with Crippen molar-refractivity contribution in [1.29, 1.82) is 0 Å². The highest BCUT2D eigenvalue weighted by atomic mass is 32.1. The van der Waals surface area contributed by atoms with E-state index in [2.05, 4.69) is 20.2 Å². The Morgan fingerprint density at radius 2 is 2.25 bits per heavy atom. The van der Waals surface area contributed by atoms with Crippen molar-refractivity contribution in [3.8, 4) is 0 Å². The van der Waals surface area contributed by atoms with Crippen LogP contribution in [0.5, 0.6) is 0 Å². The van der Waals surface area contributed by atoms with Crippen LogP contribution in [0.25, 0.3) is 0 Å². The van der Waals surface area contributed by atoms with Crippen LogP contribution in [0.3, 0.4) is 0 Å². The van der Waals surface area contributed by atoms with Gasteiger partial charge in [0.1, 0.15) is 10.5 Å². The van der Waals surface area contributed by atoms with Crippen molar-refractivity contribution in [3.05, 3.63) is 6.20 Å². The van der Waals surface area contributed by atoms with Gasteiger partial charge in [-0.15, -0.1) is 5.10 Å². The maximum absolute atomic E-state index is 11.5. The van der Waals surface area contributed by atoms with Crippen molar-refractivity contribution in [2.75, 3.05) is 5.32 Å². The Labute approximate surface area is 95.0 Å². The van der Waals surface area contributed by atoms with E-state index >= 15 is 0 Å². The second-order valence-electron chi connectivity index (χ2n) is 3.60. The third kappa shape index (κ3) is 1.96. The highest BCUT2D eigenvalue weighted by molar-refractivity contribution is 7.10. The maximum Gasteiger partial charge on any atom is 0.329 e. The fourth-order valence-corrected chi connectivity index (χ4v) is 1.92. The molecular weight excluding hydrogens is 232 g/mol. The van der Waals surface area contributed by atoms with Gasteiger partial charge in [0.2, 0.25) is 0 Å². The molecule has 1 aromatic heterocycles. The first-order valence-corrected chi connectivity index (χ1v) is 5.50. The Hall–Kier alpha value is -1.70. The number of carboxylic acid groups (broad SMARTS) is 1. The molecule has 0 aliphatic heterocycles. The summed E-state index contributed by atoms with van der Waals surface area (Å²) in [6, 6.07) is -0.534. The van der Waals surface area contributed by atoms with Crippen LogP contribution in [0.2, 0.25) is 0 Å². The molecule has 1 fully saturated rings. The van der Waals surface area contributed by atoms with E-state index < -0.39 is 17.5 Å². The number of hydrogen-bond donors (Lipinski definition) is 3. The molecule has 86 valence electrons. The molecule has 1 aliphatic carbocycles. The standard InChI is InChI=1S/C8H10N4O3S/c13-6(14)8(2-1-3-8)11-7(15)10-5-4-9-12-16-5/h4H,1-3H2,(H,13,14)(H2,10,11,15). The molecule has 0 radical (unpaired) electrons. The molecule has 1 heterocycles. The Balaban J connectivity index is 1.94. The van der Waals surface area contributed by atoms with Crippen molar-refractivity contribution in [2.45, 2.75) is 24.8 Å². The molecule has 2 rings (SSSR count). The van der Waals surface area contributed by atoms with Crippen LogP contribution in [-0.2, 0) is 4.79 Å². The number of hydrogen-bond acceptors (Lipinski definition) is 5. The second-order valence-corrected chi connectivity index (χ2v) is 4.39. The maximum atomic E-state index is 11.5. The van der Waals surface area contributed by atoms with Gasteiger partial charge < -0.3 is 10.4 Å². The molecule has 0 atom stereocenters. The van der Waals surface area contributed by atoms with E-state index in [1.54, 1.807) is 0 Å². The quantitative estimate of drug-likeness (QED) is 0.722. The molecule has 16 heavy (non-hydrogen) atoms. The van der Waals surface area contributed by atoms with Crippen LogP contribution >= 0.6 is 11.5 Å². The number of aliphatic carboxylic acids is 1. The lowest BCUT2D eigenvalue weighted by atomic mass is 9.77. The van der Waals surface area contributed by atoms with Crippen molar-refractivity contribution >= 4 is 28.5 Å². The highest BCUT2D eigenvalue weighted by Gasteiger charge is 2.45. The van der Waals surface area contributed by atoms with Crippen LogP contribution in [-0.4, -0.2) is 32.2 Å². The zero-order chi connectivity index (χ0) is 11.6. The minimum atomic E-state index is -1.10. The number of rotatable bonds is 3. The third-order valence-electron chi connectivity index (χ3n) is 2.57. The van der Waals surface area contributed by atoms with Gasteiger partial charge in [0, 0.05) is 11.5 Å². The van der Waals surface area contributed by atoms with E-state index in [1.165, 1.54) is 6.20 Å². The van der Waals surface area contributed by atoms with Crippen molar-refractivity contribution < 1.29 is 14.7 Å². The van der Waals surface area contributed by atoms with E-state index in [4.69, 9.17) is 5.11 Å². The third-order valence-corrected chi connectivity index (χ3v) is 3.15. The molecule has 1 aliphatic rings. The van der Waals surface area contributed by atoms with E-state index in [0.29, 0.717) is 17.8 Å². The molecule has 8 heteroatoms. The number of aromatic nitrogens is 2. The Morgan fingerprint density at radius 1 is 1.50 bits per heavy atom. The minimum absolute atomic E-state index is 0.469. The minimum Gasteiger partial charge on any atom is -0.480 e. The van der Waals surface area contributed by atoms with Gasteiger partial charge in [-0.3, -0.25) is 5.32 Å². The van der Waals surface area contributed by atoms with Crippen molar-refractivity contribution in [2.24, 2.45) is 0 Å². The number of carbonyl (C=O) groups excluding carboxylic acids is 1. The smallest absolute Gasteiger partial charge is 0.329 e. The van der Waals surface area contributed by atoms with Crippen LogP contribution in [0.4, 0.5) is 9.80 Å². The van der Waals surface area contributed by atoms with Gasteiger partial charge in [-0.2, -0.15) is 0 Å². The first-order valence-electron chi connectivity index (χ1n) is 4.72. The number of urea groups is 1. The van der Waals surface area contributed by atoms with Crippen molar-refractivity contribution in [3.63, 3.8) is 0 Å². The predicted molar refractivity (Wildman–Crippen MR) is 56.3 cm³/mol. The highest BCUT2D eigenvalue weighted by Crippen LogP contribution is 2.32. The summed E-state index contributed by atoms with van der Waals surface area (Å²) in [5.74, 6) is -0.990. The first-order chi connectivity index (χ1) is 7.62. The normalized spacial score (nSPS) is 17.2. The van der Waals surface area contributed by atoms with Crippen LogP contribution in [0, 0.1) is 0 Å². The van der Waals surface area contributed by atoms with E-state index in [-0.39, 0.29) is 0 Å². The fourth-order valence-electron chi connectivity index (χ4n) is 1.51. The summed E-state index contributed by atoms with van der Waals surface area (Å²) in [6.45, 7) is 0. The molecule has 3 N–H and O–H groups in total. The number of anilines is 1. The number of nitrogens with zero attached hydrogens (tertiary/aromatic N) is 2. The average molecular weight is 242 g/mol. The summed E-state index contributed by atoms with van der Waals surface area (Å²) in [4.78, 5) is 22.5. The zero-order valence-corrected chi connectivity index (χ0v) is 9.08. The molecule has 0 aromatic carbocycles. The SMILES string of the molecule is O=C(Nc1cnns1)NC1(C(=O)O)CCC1. The lowest BCUT2D eigenvalue weighted by Crippen LogP contribution is -2.60. The van der Waals surface area contributed by atoms with Gasteiger partial charge in [-0.1, -0.05) is 4.49 Å². The summed E-state index contributed by atoms with van der Waals surface area (Å²) in [5.41, 5.74) is -1.10. The molecule has 0 bridgehead atoms. The molecule has 0 saturated heterocycles. The Kier molecular flexibility index (Phi) is 2.73. The van der Waals surface area contributed by atoms with E-state index in [0.717, 1.165) is 18.0 Å². The molecule has 1 aromatic rings. The van der Waals surface area contributed by atoms with Gasteiger partial charge >= 0.3 is 12.0 Å².